The molecule has 38 heavy (non-hydrogen) atoms. The van der Waals surface area contributed by atoms with Crippen LogP contribution in [0.2, 0.25) is 0 Å². The first kappa shape index (κ1) is 25.5. The van der Waals surface area contributed by atoms with Gasteiger partial charge in [0, 0.05) is 32.7 Å². The van der Waals surface area contributed by atoms with Crippen LogP contribution in [0.3, 0.4) is 0 Å². The van der Waals surface area contributed by atoms with E-state index in [1.54, 1.807) is 4.57 Å². The fraction of sp³-hybridized carbons (Fsp3) is 0.286. The molecule has 2 aromatic carbocycles. The first-order chi connectivity index (χ1) is 18.0. The normalized spacial score (nSPS) is 15.5. The number of nitriles is 1. The second-order valence-electron chi connectivity index (χ2n) is 9.68. The summed E-state index contributed by atoms with van der Waals surface area (Å²) in [5.74, 6) is 1.48. The highest BCUT2D eigenvalue weighted by molar-refractivity contribution is 5.89. The van der Waals surface area contributed by atoms with Crippen molar-refractivity contribution in [3.63, 3.8) is 0 Å². The predicted octanol–water partition coefficient (Wildman–Crippen LogP) is 3.40. The monoisotopic (exact) mass is 528 g/mol. The Kier molecular flexibility index (Phi) is 6.93. The number of piperidine rings is 1. The van der Waals surface area contributed by atoms with Gasteiger partial charge in [-0.15, -0.1) is 12.4 Å². The first-order valence-electron chi connectivity index (χ1n) is 12.5. The van der Waals surface area contributed by atoms with E-state index in [4.69, 9.17) is 10.7 Å². The quantitative estimate of drug-likeness (QED) is 0.374. The molecule has 0 spiro atoms. The van der Waals surface area contributed by atoms with Crippen molar-refractivity contribution >= 4 is 40.3 Å². The zero-order valence-corrected chi connectivity index (χ0v) is 21.9. The standard InChI is InChI=1S/C28H28N8O.ClH/c1-33-23-12-6-5-11-22(23)32-24(33)17-35-18-31-25-21(14-29)27(34-13-7-10-20(30)16-34)36(26(25)28(35)37)15-19-8-3-2-4-9-19;/h2-6,8-9,11-12,18,20H,7,10,13,15-17,30H2,1H3;1H/t20-;/m0./s1. The van der Waals surface area contributed by atoms with Crippen LogP contribution >= 0.6 is 12.4 Å². The number of anilines is 1. The number of aryl methyl sites for hydroxylation is 1. The molecule has 0 bridgehead atoms. The van der Waals surface area contributed by atoms with Crippen LogP contribution in [0.25, 0.3) is 22.1 Å². The Balaban J connectivity index is 0.00000294. The lowest BCUT2D eigenvalue weighted by atomic mass is 10.1. The highest BCUT2D eigenvalue weighted by Crippen LogP contribution is 2.32. The number of fused-ring (bicyclic) bond motifs is 2. The summed E-state index contributed by atoms with van der Waals surface area (Å²) in [5.41, 5.74) is 10.3. The minimum Gasteiger partial charge on any atom is -0.355 e. The molecule has 2 N–H and O–H groups in total. The molecule has 5 aromatic rings. The average molecular weight is 529 g/mol. The van der Waals surface area contributed by atoms with Gasteiger partial charge in [-0.1, -0.05) is 42.5 Å². The number of benzene rings is 2. The maximum atomic E-state index is 14.0. The van der Waals surface area contributed by atoms with E-state index in [9.17, 15) is 10.1 Å². The molecular weight excluding hydrogens is 500 g/mol. The van der Waals surface area contributed by atoms with Crippen LogP contribution in [0.5, 0.6) is 0 Å². The lowest BCUT2D eigenvalue weighted by molar-refractivity contribution is 0.498. The van der Waals surface area contributed by atoms with Crippen LogP contribution in [-0.2, 0) is 20.1 Å². The van der Waals surface area contributed by atoms with Crippen molar-refractivity contribution in [2.75, 3.05) is 18.0 Å². The van der Waals surface area contributed by atoms with Crippen LogP contribution in [0.15, 0.2) is 65.7 Å². The number of hydrogen-bond donors (Lipinski definition) is 1. The van der Waals surface area contributed by atoms with Gasteiger partial charge in [-0.2, -0.15) is 5.26 Å². The third kappa shape index (κ3) is 4.32. The molecular formula is C28H29ClN8O. The fourth-order valence-corrected chi connectivity index (χ4v) is 5.41. The van der Waals surface area contributed by atoms with Gasteiger partial charge >= 0.3 is 0 Å². The van der Waals surface area contributed by atoms with E-state index in [1.165, 1.54) is 6.33 Å². The summed E-state index contributed by atoms with van der Waals surface area (Å²) in [4.78, 5) is 25.5. The third-order valence-corrected chi connectivity index (χ3v) is 7.24. The Morgan fingerprint density at radius 2 is 1.87 bits per heavy atom. The molecule has 0 unspecified atom stereocenters. The van der Waals surface area contributed by atoms with Crippen molar-refractivity contribution in [2.24, 2.45) is 12.8 Å². The number of nitrogens with two attached hydrogens (primary N) is 1. The number of halogens is 1. The number of nitrogens with zero attached hydrogens (tertiary/aromatic N) is 7. The highest BCUT2D eigenvalue weighted by Gasteiger charge is 2.28. The zero-order valence-electron chi connectivity index (χ0n) is 21.1. The number of aromatic nitrogens is 5. The van der Waals surface area contributed by atoms with Gasteiger partial charge in [0.1, 0.15) is 34.3 Å². The fourth-order valence-electron chi connectivity index (χ4n) is 5.41. The molecule has 1 atom stereocenters. The molecule has 3 aromatic heterocycles. The maximum Gasteiger partial charge on any atom is 0.278 e. The molecule has 1 saturated heterocycles. The lowest BCUT2D eigenvalue weighted by Crippen LogP contribution is -2.44. The molecule has 0 radical (unpaired) electrons. The molecule has 6 rings (SSSR count). The Labute approximate surface area is 226 Å². The second-order valence-corrected chi connectivity index (χ2v) is 9.68. The summed E-state index contributed by atoms with van der Waals surface area (Å²) < 4.78 is 5.54. The van der Waals surface area contributed by atoms with Crippen LogP contribution < -0.4 is 16.2 Å². The van der Waals surface area contributed by atoms with Crippen LogP contribution in [0.4, 0.5) is 5.82 Å². The van der Waals surface area contributed by atoms with Gasteiger partial charge in [-0.25, -0.2) is 9.97 Å². The van der Waals surface area contributed by atoms with E-state index in [-0.39, 0.29) is 30.6 Å². The molecule has 0 amide bonds. The van der Waals surface area contributed by atoms with Crippen molar-refractivity contribution < 1.29 is 0 Å². The summed E-state index contributed by atoms with van der Waals surface area (Å²) >= 11 is 0. The summed E-state index contributed by atoms with van der Waals surface area (Å²) in [6, 6.07) is 20.2. The highest BCUT2D eigenvalue weighted by atomic mass is 35.5. The SMILES string of the molecule is Cl.Cn1c(Cn2cnc3c(C#N)c(N4CCC[C@H](N)C4)n(Cc4ccccc4)c3c2=O)nc2ccccc21. The average Bonchev–Trinajstić information content (AvgIpc) is 3.40. The molecule has 4 heterocycles. The van der Waals surface area contributed by atoms with Gasteiger partial charge < -0.3 is 19.8 Å². The lowest BCUT2D eigenvalue weighted by Gasteiger charge is -2.33. The summed E-state index contributed by atoms with van der Waals surface area (Å²) in [7, 11) is 1.95. The Morgan fingerprint density at radius 3 is 2.61 bits per heavy atom. The largest absolute Gasteiger partial charge is 0.355 e. The van der Waals surface area contributed by atoms with E-state index in [1.807, 2.05) is 70.8 Å². The summed E-state index contributed by atoms with van der Waals surface area (Å²) in [5, 5.41) is 10.2. The Morgan fingerprint density at radius 1 is 1.11 bits per heavy atom. The van der Waals surface area contributed by atoms with E-state index in [0.717, 1.165) is 47.6 Å². The van der Waals surface area contributed by atoms with Gasteiger partial charge in [0.15, 0.2) is 0 Å². The summed E-state index contributed by atoms with van der Waals surface area (Å²) in [6.45, 7) is 2.14. The van der Waals surface area contributed by atoms with Crippen LogP contribution in [0, 0.1) is 11.3 Å². The molecule has 1 fully saturated rings. The molecule has 0 aliphatic carbocycles. The van der Waals surface area contributed by atoms with Crippen molar-refractivity contribution in [3.05, 3.63) is 88.2 Å². The van der Waals surface area contributed by atoms with E-state index >= 15 is 0 Å². The Hall–Kier alpha value is -4.13. The van der Waals surface area contributed by atoms with Crippen molar-refractivity contribution in [3.8, 4) is 6.07 Å². The van der Waals surface area contributed by atoms with E-state index in [2.05, 4.69) is 16.0 Å². The minimum atomic E-state index is -0.197. The van der Waals surface area contributed by atoms with Crippen LogP contribution in [-0.4, -0.2) is 42.8 Å². The number of hydrogen-bond acceptors (Lipinski definition) is 6. The van der Waals surface area contributed by atoms with Crippen molar-refractivity contribution in [2.45, 2.75) is 32.0 Å². The Bertz CT molecular complexity index is 1710. The first-order valence-corrected chi connectivity index (χ1v) is 12.5. The van der Waals surface area contributed by atoms with E-state index in [0.29, 0.717) is 29.7 Å². The predicted molar refractivity (Wildman–Crippen MR) is 151 cm³/mol. The van der Waals surface area contributed by atoms with E-state index < -0.39 is 0 Å². The van der Waals surface area contributed by atoms with Gasteiger partial charge in [0.25, 0.3) is 5.56 Å². The molecule has 10 heteroatoms. The molecule has 1 aliphatic heterocycles. The minimum absolute atomic E-state index is 0. The molecule has 1 aliphatic rings. The third-order valence-electron chi connectivity index (χ3n) is 7.24. The summed E-state index contributed by atoms with van der Waals surface area (Å²) in [6.07, 6.45) is 3.41. The zero-order chi connectivity index (χ0) is 25.5. The molecule has 194 valence electrons. The van der Waals surface area contributed by atoms with Gasteiger partial charge in [0.2, 0.25) is 0 Å². The molecule has 9 nitrogen and oxygen atoms in total. The topological polar surface area (TPSA) is 111 Å². The van der Waals surface area contributed by atoms with Crippen molar-refractivity contribution in [1.82, 2.24) is 23.7 Å². The van der Waals surface area contributed by atoms with Crippen molar-refractivity contribution in [1.29, 1.82) is 5.26 Å². The number of rotatable bonds is 5. The second kappa shape index (κ2) is 10.3. The van der Waals surface area contributed by atoms with Gasteiger partial charge in [-0.05, 0) is 30.5 Å². The maximum absolute atomic E-state index is 14.0. The molecule has 0 saturated carbocycles. The number of imidazole rings is 1. The van der Waals surface area contributed by atoms with Gasteiger partial charge in [-0.3, -0.25) is 9.36 Å². The van der Waals surface area contributed by atoms with Crippen LogP contribution in [0.1, 0.15) is 29.8 Å². The van der Waals surface area contributed by atoms with Gasteiger partial charge in [0.05, 0.1) is 23.9 Å². The number of para-hydroxylation sites is 2. The smallest absolute Gasteiger partial charge is 0.278 e.